The van der Waals surface area contributed by atoms with Crippen LogP contribution in [0.2, 0.25) is 0 Å². The minimum Gasteiger partial charge on any atom is -0.394 e. The van der Waals surface area contributed by atoms with Crippen LogP contribution < -0.4 is 10.6 Å². The van der Waals surface area contributed by atoms with E-state index in [0.717, 1.165) is 16.7 Å². The molecule has 0 unspecified atom stereocenters. The number of allylic oxidation sites excluding steroid dienone is 1. The molecule has 0 amide bonds. The van der Waals surface area contributed by atoms with Gasteiger partial charge in [-0.05, 0) is 42.0 Å². The van der Waals surface area contributed by atoms with Gasteiger partial charge in [0.15, 0.2) is 0 Å². The number of benzene rings is 1. The molecule has 0 bridgehead atoms. The number of hydrogen-bond acceptors (Lipinski definition) is 3. The van der Waals surface area contributed by atoms with Crippen LogP contribution in [0.1, 0.15) is 16.7 Å². The molecule has 0 aliphatic carbocycles. The molecule has 0 aliphatic rings. The first-order chi connectivity index (χ1) is 8.22. The van der Waals surface area contributed by atoms with Crippen LogP contribution in [-0.4, -0.2) is 20.3 Å². The lowest BCUT2D eigenvalue weighted by atomic mass is 10.0. The van der Waals surface area contributed by atoms with Gasteiger partial charge in [0.2, 0.25) is 0 Å². The van der Waals surface area contributed by atoms with Crippen LogP contribution in [0.3, 0.4) is 0 Å². The van der Waals surface area contributed by atoms with Gasteiger partial charge >= 0.3 is 0 Å². The maximum absolute atomic E-state index is 7.40. The first-order valence-electron chi connectivity index (χ1n) is 5.55. The molecule has 0 atom stereocenters. The fraction of sp³-hybridized carbons (Fsp3) is 0.214. The second-order valence-corrected chi connectivity index (χ2v) is 3.73. The Kier molecular flexibility index (Phi) is 5.01. The standard InChI is InChI=1S/C14H19N3/c1-11-4-5-13(14(9-15)10-17-3)8-12(11)6-7-16-2/h4-10,15-17H,1-3H3/b7-6-,14-10+,15-9?. The quantitative estimate of drug-likeness (QED) is 0.679. The highest BCUT2D eigenvalue weighted by Crippen LogP contribution is 2.18. The average Bonchev–Trinajstić information content (AvgIpc) is 2.35. The maximum Gasteiger partial charge on any atom is 0.0270 e. The Balaban J connectivity index is 3.15. The zero-order valence-electron chi connectivity index (χ0n) is 10.5. The molecule has 1 aromatic rings. The van der Waals surface area contributed by atoms with Crippen molar-refractivity contribution in [1.82, 2.24) is 10.6 Å². The van der Waals surface area contributed by atoms with E-state index in [1.807, 2.05) is 38.6 Å². The first kappa shape index (κ1) is 13.0. The minimum atomic E-state index is 0.867. The van der Waals surface area contributed by atoms with Gasteiger partial charge in [0, 0.05) is 32.1 Å². The summed E-state index contributed by atoms with van der Waals surface area (Å²) >= 11 is 0. The fourth-order valence-corrected chi connectivity index (χ4v) is 1.54. The zero-order chi connectivity index (χ0) is 12.7. The van der Waals surface area contributed by atoms with Crippen molar-refractivity contribution in [2.45, 2.75) is 6.92 Å². The highest BCUT2D eigenvalue weighted by Gasteiger charge is 2.01. The molecule has 0 saturated carbocycles. The number of nitrogens with one attached hydrogen (secondary N) is 3. The summed E-state index contributed by atoms with van der Waals surface area (Å²) in [6.07, 6.45) is 7.10. The van der Waals surface area contributed by atoms with E-state index in [9.17, 15) is 0 Å². The molecule has 0 fully saturated rings. The van der Waals surface area contributed by atoms with Crippen LogP contribution in [0.4, 0.5) is 0 Å². The summed E-state index contributed by atoms with van der Waals surface area (Å²) < 4.78 is 0. The topological polar surface area (TPSA) is 47.9 Å². The van der Waals surface area contributed by atoms with Gasteiger partial charge in [-0.25, -0.2) is 0 Å². The molecule has 1 aromatic carbocycles. The van der Waals surface area contributed by atoms with Crippen LogP contribution in [0.15, 0.2) is 30.6 Å². The van der Waals surface area contributed by atoms with Gasteiger partial charge in [0.05, 0.1) is 0 Å². The Labute approximate surface area is 103 Å². The van der Waals surface area contributed by atoms with Crippen LogP contribution in [-0.2, 0) is 0 Å². The summed E-state index contributed by atoms with van der Waals surface area (Å²) in [5.74, 6) is 0. The van der Waals surface area contributed by atoms with Gasteiger partial charge in [0.1, 0.15) is 0 Å². The largest absolute Gasteiger partial charge is 0.394 e. The Bertz CT molecular complexity index is 445. The highest BCUT2D eigenvalue weighted by atomic mass is 14.8. The molecule has 3 heteroatoms. The molecule has 17 heavy (non-hydrogen) atoms. The van der Waals surface area contributed by atoms with E-state index in [1.165, 1.54) is 11.8 Å². The van der Waals surface area contributed by atoms with E-state index in [2.05, 4.69) is 29.7 Å². The summed E-state index contributed by atoms with van der Waals surface area (Å²) in [6.45, 7) is 2.07. The second kappa shape index (κ2) is 6.53. The predicted molar refractivity (Wildman–Crippen MR) is 75.1 cm³/mol. The van der Waals surface area contributed by atoms with E-state index >= 15 is 0 Å². The molecule has 0 radical (unpaired) electrons. The van der Waals surface area contributed by atoms with Crippen LogP contribution >= 0.6 is 0 Å². The molecule has 0 aliphatic heterocycles. The van der Waals surface area contributed by atoms with Crippen LogP contribution in [0.5, 0.6) is 0 Å². The Morgan fingerprint density at radius 2 is 2.00 bits per heavy atom. The third kappa shape index (κ3) is 3.48. The van der Waals surface area contributed by atoms with E-state index in [4.69, 9.17) is 5.41 Å². The van der Waals surface area contributed by atoms with Gasteiger partial charge in [-0.2, -0.15) is 0 Å². The summed E-state index contributed by atoms with van der Waals surface area (Å²) in [5.41, 5.74) is 4.28. The molecular weight excluding hydrogens is 210 g/mol. The van der Waals surface area contributed by atoms with Crippen molar-refractivity contribution in [3.05, 3.63) is 47.3 Å². The van der Waals surface area contributed by atoms with Crippen molar-refractivity contribution in [1.29, 1.82) is 5.41 Å². The van der Waals surface area contributed by atoms with Crippen LogP contribution in [0.25, 0.3) is 11.6 Å². The number of aryl methyl sites for hydroxylation is 1. The lowest BCUT2D eigenvalue weighted by molar-refractivity contribution is 1.11. The molecule has 0 aromatic heterocycles. The molecular formula is C14H19N3. The second-order valence-electron chi connectivity index (χ2n) is 3.73. The predicted octanol–water partition coefficient (Wildman–Crippen LogP) is 2.39. The lowest BCUT2D eigenvalue weighted by Crippen LogP contribution is -1.98. The van der Waals surface area contributed by atoms with E-state index in [-0.39, 0.29) is 0 Å². The first-order valence-corrected chi connectivity index (χ1v) is 5.55. The highest BCUT2D eigenvalue weighted by molar-refractivity contribution is 6.08. The minimum absolute atomic E-state index is 0.867. The Morgan fingerprint density at radius 3 is 2.59 bits per heavy atom. The van der Waals surface area contributed by atoms with Gasteiger partial charge in [-0.15, -0.1) is 0 Å². The summed E-state index contributed by atoms with van der Waals surface area (Å²) in [5, 5.41) is 13.3. The van der Waals surface area contributed by atoms with Gasteiger partial charge in [-0.1, -0.05) is 12.1 Å². The van der Waals surface area contributed by atoms with E-state index in [0.29, 0.717) is 0 Å². The Morgan fingerprint density at radius 1 is 1.24 bits per heavy atom. The van der Waals surface area contributed by atoms with Gasteiger partial charge in [0.25, 0.3) is 0 Å². The van der Waals surface area contributed by atoms with Crippen molar-refractivity contribution in [3.63, 3.8) is 0 Å². The van der Waals surface area contributed by atoms with Gasteiger partial charge in [-0.3, -0.25) is 0 Å². The zero-order valence-corrected chi connectivity index (χ0v) is 10.5. The van der Waals surface area contributed by atoms with Gasteiger partial charge < -0.3 is 16.0 Å². The third-order valence-electron chi connectivity index (χ3n) is 2.50. The number of hydrogen-bond donors (Lipinski definition) is 3. The Hall–Kier alpha value is -2.03. The average molecular weight is 229 g/mol. The maximum atomic E-state index is 7.40. The lowest BCUT2D eigenvalue weighted by Gasteiger charge is -2.06. The van der Waals surface area contributed by atoms with Crippen molar-refractivity contribution in [2.75, 3.05) is 14.1 Å². The molecule has 3 nitrogen and oxygen atoms in total. The molecule has 1 rings (SSSR count). The summed E-state index contributed by atoms with van der Waals surface area (Å²) in [4.78, 5) is 0. The molecule has 90 valence electrons. The summed E-state index contributed by atoms with van der Waals surface area (Å²) in [6, 6.07) is 6.18. The van der Waals surface area contributed by atoms with E-state index in [1.54, 1.807) is 0 Å². The monoisotopic (exact) mass is 229 g/mol. The van der Waals surface area contributed by atoms with Crippen molar-refractivity contribution in [2.24, 2.45) is 0 Å². The van der Waals surface area contributed by atoms with Crippen LogP contribution in [0, 0.1) is 12.3 Å². The SMILES string of the molecule is CN/C=C\c1cc(/C(C=N)=C/NC)ccc1C. The number of rotatable bonds is 5. The van der Waals surface area contributed by atoms with Crippen molar-refractivity contribution < 1.29 is 0 Å². The van der Waals surface area contributed by atoms with Crippen molar-refractivity contribution in [3.8, 4) is 0 Å². The smallest absolute Gasteiger partial charge is 0.0270 e. The fourth-order valence-electron chi connectivity index (χ4n) is 1.54. The van der Waals surface area contributed by atoms with Crippen molar-refractivity contribution >= 4 is 17.9 Å². The normalized spacial score (nSPS) is 11.6. The molecule has 0 spiro atoms. The summed E-state index contributed by atoms with van der Waals surface area (Å²) in [7, 11) is 3.71. The third-order valence-corrected chi connectivity index (χ3v) is 2.50. The molecule has 3 N–H and O–H groups in total. The molecule has 0 saturated heterocycles. The molecule has 0 heterocycles. The van der Waals surface area contributed by atoms with E-state index < -0.39 is 0 Å².